The summed E-state index contributed by atoms with van der Waals surface area (Å²) >= 11 is 0. The number of ether oxygens (including phenoxy) is 6. The van der Waals surface area contributed by atoms with E-state index in [9.17, 15) is 9.90 Å². The van der Waals surface area contributed by atoms with Crippen LogP contribution in [-0.2, 0) is 28.4 Å². The van der Waals surface area contributed by atoms with Crippen molar-refractivity contribution in [1.29, 1.82) is 0 Å². The lowest BCUT2D eigenvalue weighted by molar-refractivity contribution is -0.0581. The van der Waals surface area contributed by atoms with Crippen LogP contribution in [0.25, 0.3) is 0 Å². The number of hydrogen-bond donors (Lipinski definition) is 2. The van der Waals surface area contributed by atoms with Gasteiger partial charge in [0.05, 0.1) is 52.9 Å². The minimum Gasteiger partial charge on any atom is -0.446 e. The smallest absolute Gasteiger partial charge is 0.407 e. The highest BCUT2D eigenvalue weighted by Gasteiger charge is 2.59. The number of allylic oxidation sites excluding steroid dienone is 1. The minimum absolute atomic E-state index is 0.0269. The van der Waals surface area contributed by atoms with Crippen molar-refractivity contribution in [2.75, 3.05) is 73.1 Å². The summed E-state index contributed by atoms with van der Waals surface area (Å²) in [6.07, 6.45) is 16.4. The SMILES string of the molecule is COCC(O)COCCOCCOCCOCCCNC(=O)OC1CCC2(C)C(=CCC3C2CCC2(C)C(C(C)CCCC(C)C)CCC32)C1. The number of amides is 1. The van der Waals surface area contributed by atoms with Crippen LogP contribution in [-0.4, -0.2) is 96.5 Å². The lowest BCUT2D eigenvalue weighted by Crippen LogP contribution is -2.51. The molecule has 9 nitrogen and oxygen atoms in total. The molecule has 4 aliphatic rings. The van der Waals surface area contributed by atoms with E-state index in [4.69, 9.17) is 28.4 Å². The summed E-state index contributed by atoms with van der Waals surface area (Å²) in [5, 5.41) is 12.4. The molecule has 290 valence electrons. The lowest BCUT2D eigenvalue weighted by atomic mass is 9.47. The molecule has 3 saturated carbocycles. The molecule has 0 saturated heterocycles. The van der Waals surface area contributed by atoms with Gasteiger partial charge >= 0.3 is 6.09 Å². The van der Waals surface area contributed by atoms with Gasteiger partial charge in [0.25, 0.3) is 0 Å². The molecule has 0 aliphatic heterocycles. The van der Waals surface area contributed by atoms with E-state index < -0.39 is 6.10 Å². The minimum atomic E-state index is -0.610. The quantitative estimate of drug-likeness (QED) is 0.0828. The Balaban J connectivity index is 1.06. The second-order valence-electron chi connectivity index (χ2n) is 16.9. The number of aliphatic hydroxyl groups excluding tert-OH is 1. The van der Waals surface area contributed by atoms with Crippen molar-refractivity contribution in [2.24, 2.45) is 46.3 Å². The van der Waals surface area contributed by atoms with Crippen molar-refractivity contribution < 1.29 is 38.3 Å². The van der Waals surface area contributed by atoms with E-state index >= 15 is 0 Å². The highest BCUT2D eigenvalue weighted by Crippen LogP contribution is 2.67. The first-order chi connectivity index (χ1) is 24.1. The number of methoxy groups -OCH3 is 1. The van der Waals surface area contributed by atoms with Gasteiger partial charge in [-0.3, -0.25) is 0 Å². The number of aliphatic hydroxyl groups is 1. The molecule has 4 rings (SSSR count). The van der Waals surface area contributed by atoms with Crippen LogP contribution in [0.3, 0.4) is 0 Å². The Morgan fingerprint density at radius 2 is 1.56 bits per heavy atom. The fourth-order valence-corrected chi connectivity index (χ4v) is 10.4. The summed E-state index contributed by atoms with van der Waals surface area (Å²) in [6, 6.07) is 0. The van der Waals surface area contributed by atoms with Gasteiger partial charge in [0, 0.05) is 26.7 Å². The third-order valence-electron chi connectivity index (χ3n) is 13.1. The molecule has 9 unspecified atom stereocenters. The second-order valence-corrected chi connectivity index (χ2v) is 16.9. The van der Waals surface area contributed by atoms with Crippen molar-refractivity contribution in [2.45, 2.75) is 124 Å². The molecule has 9 heteroatoms. The van der Waals surface area contributed by atoms with Gasteiger partial charge in [-0.2, -0.15) is 0 Å². The topological polar surface area (TPSA) is 105 Å². The molecule has 1 amide bonds. The Morgan fingerprint density at radius 1 is 0.860 bits per heavy atom. The maximum Gasteiger partial charge on any atom is 0.407 e. The number of carbonyl (C=O) groups is 1. The summed E-state index contributed by atoms with van der Waals surface area (Å²) in [5.41, 5.74) is 2.34. The van der Waals surface area contributed by atoms with Crippen molar-refractivity contribution in [3.05, 3.63) is 11.6 Å². The maximum atomic E-state index is 12.6. The molecule has 0 aromatic heterocycles. The van der Waals surface area contributed by atoms with Gasteiger partial charge in [0.1, 0.15) is 12.2 Å². The number of nitrogens with one attached hydrogen (secondary N) is 1. The first kappa shape index (κ1) is 41.5. The predicted molar refractivity (Wildman–Crippen MR) is 197 cm³/mol. The van der Waals surface area contributed by atoms with Crippen LogP contribution < -0.4 is 5.32 Å². The van der Waals surface area contributed by atoms with Crippen LogP contribution in [0.2, 0.25) is 0 Å². The Labute approximate surface area is 304 Å². The van der Waals surface area contributed by atoms with Gasteiger partial charge < -0.3 is 38.8 Å². The molecule has 9 atom stereocenters. The number of rotatable bonds is 23. The monoisotopic (exact) mass is 708 g/mol. The highest BCUT2D eigenvalue weighted by molar-refractivity contribution is 5.67. The Hall–Kier alpha value is -1.23. The molecule has 0 aromatic carbocycles. The molecule has 0 spiro atoms. The van der Waals surface area contributed by atoms with Crippen LogP contribution in [0, 0.1) is 46.3 Å². The Bertz CT molecular complexity index is 1020. The second kappa shape index (κ2) is 20.9. The first-order valence-corrected chi connectivity index (χ1v) is 20.2. The maximum absolute atomic E-state index is 12.6. The van der Waals surface area contributed by atoms with E-state index in [2.05, 4.69) is 46.0 Å². The molecule has 3 fully saturated rings. The van der Waals surface area contributed by atoms with Crippen LogP contribution in [0.15, 0.2) is 11.6 Å². The van der Waals surface area contributed by atoms with E-state index in [1.807, 2.05) is 0 Å². The van der Waals surface area contributed by atoms with Crippen molar-refractivity contribution in [3.8, 4) is 0 Å². The van der Waals surface area contributed by atoms with Crippen LogP contribution in [0.1, 0.15) is 112 Å². The summed E-state index contributed by atoms with van der Waals surface area (Å²) in [5.74, 6) is 5.03. The third-order valence-corrected chi connectivity index (χ3v) is 13.1. The molecule has 2 N–H and O–H groups in total. The molecule has 4 aliphatic carbocycles. The van der Waals surface area contributed by atoms with Gasteiger partial charge in [-0.05, 0) is 97.7 Å². The summed E-state index contributed by atoms with van der Waals surface area (Å²) in [7, 11) is 1.54. The fourth-order valence-electron chi connectivity index (χ4n) is 10.4. The van der Waals surface area contributed by atoms with Gasteiger partial charge in [0.2, 0.25) is 0 Å². The number of carbonyl (C=O) groups excluding carboxylic acids is 1. The molecule has 0 heterocycles. The number of hydrogen-bond acceptors (Lipinski definition) is 8. The zero-order valence-corrected chi connectivity index (χ0v) is 32.6. The van der Waals surface area contributed by atoms with Crippen LogP contribution >= 0.6 is 0 Å². The summed E-state index contributed by atoms with van der Waals surface area (Å²) in [4.78, 5) is 12.6. The molecule has 0 bridgehead atoms. The highest BCUT2D eigenvalue weighted by atomic mass is 16.6. The first-order valence-electron chi connectivity index (χ1n) is 20.2. The lowest BCUT2D eigenvalue weighted by Gasteiger charge is -2.58. The van der Waals surface area contributed by atoms with Gasteiger partial charge in [0.15, 0.2) is 0 Å². The van der Waals surface area contributed by atoms with E-state index in [0.717, 1.165) is 61.2 Å². The van der Waals surface area contributed by atoms with Crippen LogP contribution in [0.4, 0.5) is 4.79 Å². The predicted octanol–water partition coefficient (Wildman–Crippen LogP) is 7.59. The van der Waals surface area contributed by atoms with Crippen molar-refractivity contribution in [3.63, 3.8) is 0 Å². The zero-order valence-electron chi connectivity index (χ0n) is 32.6. The third kappa shape index (κ3) is 11.6. The summed E-state index contributed by atoms with van der Waals surface area (Å²) < 4.78 is 32.7. The fraction of sp³-hybridized carbons (Fsp3) is 0.927. The van der Waals surface area contributed by atoms with E-state index in [1.165, 1.54) is 51.4 Å². The molecular formula is C41H73NO8. The van der Waals surface area contributed by atoms with Crippen molar-refractivity contribution in [1.82, 2.24) is 5.32 Å². The Kier molecular flexibility index (Phi) is 17.3. The normalized spacial score (nSPS) is 31.8. The van der Waals surface area contributed by atoms with E-state index in [0.29, 0.717) is 58.2 Å². The van der Waals surface area contributed by atoms with Gasteiger partial charge in [-0.15, -0.1) is 0 Å². The van der Waals surface area contributed by atoms with Gasteiger partial charge in [-0.25, -0.2) is 4.79 Å². The largest absolute Gasteiger partial charge is 0.446 e. The molecular weight excluding hydrogens is 634 g/mol. The average Bonchev–Trinajstić information content (AvgIpc) is 3.44. The molecule has 0 aromatic rings. The number of fused-ring (bicyclic) bond motifs is 5. The Morgan fingerprint density at radius 3 is 2.26 bits per heavy atom. The number of alkyl carbamates (subject to hydrolysis) is 1. The van der Waals surface area contributed by atoms with E-state index in [1.54, 1.807) is 12.7 Å². The molecule has 50 heavy (non-hydrogen) atoms. The van der Waals surface area contributed by atoms with Crippen LogP contribution in [0.5, 0.6) is 0 Å². The summed E-state index contributed by atoms with van der Waals surface area (Å²) in [6.45, 7) is 16.9. The van der Waals surface area contributed by atoms with Gasteiger partial charge in [-0.1, -0.05) is 65.5 Å². The average molecular weight is 708 g/mol. The molecule has 0 radical (unpaired) electrons. The standard InChI is InChI=1S/C41H73NO8/c1-30(2)9-7-10-31(3)36-13-14-37-35-12-11-32-27-34(15-17-40(32,4)38(35)16-18-41(36,37)5)50-39(44)42-19-8-20-46-21-22-47-23-24-48-25-26-49-29-33(43)28-45-6/h11,30-31,33-38,43H,7-10,12-29H2,1-6H3,(H,42,44). The van der Waals surface area contributed by atoms with E-state index in [-0.39, 0.29) is 30.8 Å². The van der Waals surface area contributed by atoms with Crippen molar-refractivity contribution >= 4 is 6.09 Å². The zero-order chi connectivity index (χ0) is 36.0.